The molecule has 6 heteroatoms. The van der Waals surface area contributed by atoms with Gasteiger partial charge in [0.05, 0.1) is 12.3 Å². The van der Waals surface area contributed by atoms with Crippen LogP contribution in [0.3, 0.4) is 0 Å². The molecular weight excluding hydrogens is 236 g/mol. The number of imide groups is 2. The third-order valence-electron chi connectivity index (χ3n) is 3.59. The smallest absolute Gasteiger partial charge is 0.331 e. The molecule has 1 aromatic heterocycles. The molecule has 2 heterocycles. The predicted molar refractivity (Wildman–Crippen MR) is 59.2 cm³/mol. The summed E-state index contributed by atoms with van der Waals surface area (Å²) in [6.45, 7) is 1.70. The van der Waals surface area contributed by atoms with E-state index in [1.54, 1.807) is 19.1 Å². The standard InChI is InChI=1S/C12H12N2O4/c1-7(8-3-2-6-18-8)14-10(16)12(4-5-12)9(15)13-11(14)17/h2-3,6-7H,4-5H2,1H3,(H,13,15,17). The van der Waals surface area contributed by atoms with Crippen LogP contribution in [0.2, 0.25) is 0 Å². The molecule has 0 bridgehead atoms. The Morgan fingerprint density at radius 1 is 1.39 bits per heavy atom. The Morgan fingerprint density at radius 2 is 2.11 bits per heavy atom. The Morgan fingerprint density at radius 3 is 2.67 bits per heavy atom. The van der Waals surface area contributed by atoms with Gasteiger partial charge in [0.25, 0.3) is 0 Å². The van der Waals surface area contributed by atoms with E-state index >= 15 is 0 Å². The van der Waals surface area contributed by atoms with Gasteiger partial charge in [0.2, 0.25) is 11.8 Å². The van der Waals surface area contributed by atoms with E-state index in [-0.39, 0.29) is 0 Å². The van der Waals surface area contributed by atoms with Gasteiger partial charge in [-0.15, -0.1) is 0 Å². The minimum absolute atomic E-state index is 0.417. The van der Waals surface area contributed by atoms with E-state index in [9.17, 15) is 14.4 Å². The van der Waals surface area contributed by atoms with Gasteiger partial charge < -0.3 is 4.42 Å². The molecule has 0 radical (unpaired) electrons. The molecule has 4 amide bonds. The van der Waals surface area contributed by atoms with Crippen molar-refractivity contribution in [2.45, 2.75) is 25.8 Å². The molecule has 1 unspecified atom stereocenters. The average molecular weight is 248 g/mol. The second-order valence-electron chi connectivity index (χ2n) is 4.71. The van der Waals surface area contributed by atoms with Crippen LogP contribution in [0.15, 0.2) is 22.8 Å². The number of carbonyl (C=O) groups excluding carboxylic acids is 3. The highest BCUT2D eigenvalue weighted by molar-refractivity contribution is 6.21. The summed E-state index contributed by atoms with van der Waals surface area (Å²) in [4.78, 5) is 36.8. The zero-order valence-corrected chi connectivity index (χ0v) is 9.80. The number of nitrogens with zero attached hydrogens (tertiary/aromatic N) is 1. The molecule has 1 atom stereocenters. The third kappa shape index (κ3) is 1.32. The molecule has 18 heavy (non-hydrogen) atoms. The Balaban J connectivity index is 1.94. The maximum Gasteiger partial charge on any atom is 0.331 e. The number of furan rings is 1. The molecule has 3 rings (SSSR count). The van der Waals surface area contributed by atoms with Gasteiger partial charge in [0, 0.05) is 0 Å². The number of nitrogens with one attached hydrogen (secondary N) is 1. The summed E-state index contributed by atoms with van der Waals surface area (Å²) in [7, 11) is 0. The normalized spacial score (nSPS) is 23.2. The van der Waals surface area contributed by atoms with Gasteiger partial charge in [-0.05, 0) is 31.9 Å². The van der Waals surface area contributed by atoms with Crippen LogP contribution in [0.25, 0.3) is 0 Å². The molecule has 1 aromatic rings. The summed E-state index contributed by atoms with van der Waals surface area (Å²) in [5.74, 6) is -0.371. The summed E-state index contributed by atoms with van der Waals surface area (Å²) in [5, 5.41) is 2.24. The fourth-order valence-electron chi connectivity index (χ4n) is 2.27. The van der Waals surface area contributed by atoms with Crippen molar-refractivity contribution in [1.29, 1.82) is 0 Å². The SMILES string of the molecule is CC(c1ccco1)N1C(=O)NC(=O)C2(CC2)C1=O. The first kappa shape index (κ1) is 11.0. The van der Waals surface area contributed by atoms with Crippen molar-refractivity contribution in [3.63, 3.8) is 0 Å². The molecule has 1 spiro atoms. The van der Waals surface area contributed by atoms with Gasteiger partial charge in [-0.25, -0.2) is 4.79 Å². The van der Waals surface area contributed by atoms with E-state index in [1.165, 1.54) is 6.26 Å². The highest BCUT2D eigenvalue weighted by Crippen LogP contribution is 2.50. The molecule has 1 aliphatic heterocycles. The fraction of sp³-hybridized carbons (Fsp3) is 0.417. The van der Waals surface area contributed by atoms with Crippen LogP contribution in [0, 0.1) is 5.41 Å². The van der Waals surface area contributed by atoms with Crippen molar-refractivity contribution in [2.75, 3.05) is 0 Å². The molecule has 94 valence electrons. The maximum absolute atomic E-state index is 12.3. The van der Waals surface area contributed by atoms with Crippen LogP contribution < -0.4 is 5.32 Å². The van der Waals surface area contributed by atoms with Crippen molar-refractivity contribution < 1.29 is 18.8 Å². The van der Waals surface area contributed by atoms with Crippen LogP contribution in [0.4, 0.5) is 4.79 Å². The van der Waals surface area contributed by atoms with Gasteiger partial charge >= 0.3 is 6.03 Å². The summed E-state index contributed by atoms with van der Waals surface area (Å²) in [6, 6.07) is 2.20. The number of hydrogen-bond donors (Lipinski definition) is 1. The van der Waals surface area contributed by atoms with Crippen LogP contribution in [-0.4, -0.2) is 22.7 Å². The van der Waals surface area contributed by atoms with E-state index in [0.29, 0.717) is 18.6 Å². The Labute approximate surface area is 103 Å². The molecule has 2 fully saturated rings. The predicted octanol–water partition coefficient (Wildman–Crippen LogP) is 1.20. The van der Waals surface area contributed by atoms with Crippen LogP contribution >= 0.6 is 0 Å². The van der Waals surface area contributed by atoms with E-state index < -0.39 is 29.3 Å². The lowest BCUT2D eigenvalue weighted by atomic mass is 10.0. The molecule has 1 saturated heterocycles. The highest BCUT2D eigenvalue weighted by Gasteiger charge is 2.63. The number of hydrogen-bond acceptors (Lipinski definition) is 4. The Bertz CT molecular complexity index is 530. The van der Waals surface area contributed by atoms with Crippen molar-refractivity contribution >= 4 is 17.8 Å². The third-order valence-corrected chi connectivity index (χ3v) is 3.59. The highest BCUT2D eigenvalue weighted by atomic mass is 16.3. The largest absolute Gasteiger partial charge is 0.467 e. The number of amides is 4. The van der Waals surface area contributed by atoms with Crippen LogP contribution in [0.1, 0.15) is 31.6 Å². The number of urea groups is 1. The van der Waals surface area contributed by atoms with Crippen molar-refractivity contribution in [3.8, 4) is 0 Å². The van der Waals surface area contributed by atoms with E-state index in [0.717, 1.165) is 4.90 Å². The van der Waals surface area contributed by atoms with E-state index in [1.807, 2.05) is 0 Å². The number of barbiturate groups is 1. The van der Waals surface area contributed by atoms with Gasteiger partial charge in [-0.1, -0.05) is 0 Å². The average Bonchev–Trinajstić information content (AvgIpc) is 2.95. The number of carbonyl (C=O) groups is 3. The second kappa shape index (κ2) is 3.44. The molecular formula is C12H12N2O4. The van der Waals surface area contributed by atoms with Gasteiger partial charge in [-0.2, -0.15) is 0 Å². The molecule has 1 N–H and O–H groups in total. The summed E-state index contributed by atoms with van der Waals surface area (Å²) < 4.78 is 5.20. The minimum atomic E-state index is -1.01. The first-order chi connectivity index (χ1) is 8.56. The van der Waals surface area contributed by atoms with Crippen molar-refractivity contribution in [2.24, 2.45) is 5.41 Å². The Kier molecular flexibility index (Phi) is 2.10. The van der Waals surface area contributed by atoms with Gasteiger partial charge in [0.15, 0.2) is 0 Å². The lowest BCUT2D eigenvalue weighted by Gasteiger charge is -2.33. The lowest BCUT2D eigenvalue weighted by Crippen LogP contribution is -2.59. The first-order valence-corrected chi connectivity index (χ1v) is 5.79. The summed E-state index contributed by atoms with van der Waals surface area (Å²) >= 11 is 0. The van der Waals surface area contributed by atoms with E-state index in [4.69, 9.17) is 4.42 Å². The van der Waals surface area contributed by atoms with E-state index in [2.05, 4.69) is 5.32 Å². The lowest BCUT2D eigenvalue weighted by molar-refractivity contribution is -0.146. The van der Waals surface area contributed by atoms with Crippen molar-refractivity contribution in [3.05, 3.63) is 24.2 Å². The van der Waals surface area contributed by atoms with Gasteiger partial charge in [-0.3, -0.25) is 19.8 Å². The quantitative estimate of drug-likeness (QED) is 0.797. The minimum Gasteiger partial charge on any atom is -0.467 e. The van der Waals surface area contributed by atoms with Crippen LogP contribution in [0.5, 0.6) is 0 Å². The monoisotopic (exact) mass is 248 g/mol. The number of rotatable bonds is 2. The second-order valence-corrected chi connectivity index (χ2v) is 4.71. The summed E-state index contributed by atoms with van der Waals surface area (Å²) in [6.07, 6.45) is 2.49. The molecule has 2 aliphatic rings. The molecule has 1 saturated carbocycles. The zero-order valence-electron chi connectivity index (χ0n) is 9.80. The zero-order chi connectivity index (χ0) is 12.9. The maximum atomic E-state index is 12.3. The molecule has 0 aromatic carbocycles. The summed E-state index contributed by atoms with van der Waals surface area (Å²) in [5.41, 5.74) is -1.01. The molecule has 1 aliphatic carbocycles. The first-order valence-electron chi connectivity index (χ1n) is 5.79. The van der Waals surface area contributed by atoms with Crippen LogP contribution in [-0.2, 0) is 9.59 Å². The van der Waals surface area contributed by atoms with Gasteiger partial charge in [0.1, 0.15) is 11.2 Å². The molecule has 6 nitrogen and oxygen atoms in total. The topological polar surface area (TPSA) is 79.6 Å². The van der Waals surface area contributed by atoms with Crippen molar-refractivity contribution in [1.82, 2.24) is 10.2 Å². The fourth-order valence-corrected chi connectivity index (χ4v) is 2.27. The Hall–Kier alpha value is -2.11.